The first-order valence-electron chi connectivity index (χ1n) is 6.54. The summed E-state index contributed by atoms with van der Waals surface area (Å²) in [5.41, 5.74) is 6.80. The van der Waals surface area contributed by atoms with Crippen molar-refractivity contribution >= 4 is 0 Å². The monoisotopic (exact) mass is 275 g/mol. The molecule has 0 fully saturated rings. The maximum absolute atomic E-state index is 13.5. The van der Waals surface area contributed by atoms with Crippen molar-refractivity contribution < 1.29 is 9.13 Å². The summed E-state index contributed by atoms with van der Waals surface area (Å²) in [7, 11) is 0. The molecule has 0 bridgehead atoms. The fraction of sp³-hybridized carbons (Fsp3) is 0.333. The molecule has 0 spiro atoms. The molecule has 0 atom stereocenters. The predicted molar refractivity (Wildman–Crippen MR) is 74.7 cm³/mol. The van der Waals surface area contributed by atoms with Gasteiger partial charge < -0.3 is 10.5 Å². The Kier molecular flexibility index (Phi) is 4.63. The third-order valence-corrected chi connectivity index (χ3v) is 2.90. The fourth-order valence-corrected chi connectivity index (χ4v) is 1.74. The third kappa shape index (κ3) is 3.30. The minimum atomic E-state index is -0.290. The lowest BCUT2D eigenvalue weighted by atomic mass is 10.2. The summed E-state index contributed by atoms with van der Waals surface area (Å²) in [4.78, 5) is 8.61. The number of benzene rings is 1. The second-order valence-corrected chi connectivity index (χ2v) is 4.78. The molecule has 20 heavy (non-hydrogen) atoms. The van der Waals surface area contributed by atoms with E-state index in [-0.39, 0.29) is 24.9 Å². The average Bonchev–Trinajstić information content (AvgIpc) is 2.46. The van der Waals surface area contributed by atoms with E-state index in [0.29, 0.717) is 17.0 Å². The highest BCUT2D eigenvalue weighted by atomic mass is 19.1. The van der Waals surface area contributed by atoms with Crippen molar-refractivity contribution in [3.8, 4) is 5.75 Å². The van der Waals surface area contributed by atoms with E-state index in [0.717, 1.165) is 5.82 Å². The van der Waals surface area contributed by atoms with Crippen molar-refractivity contribution in [2.45, 2.75) is 32.9 Å². The minimum Gasteiger partial charge on any atom is -0.485 e. The van der Waals surface area contributed by atoms with E-state index in [2.05, 4.69) is 9.97 Å². The number of halogens is 1. The highest BCUT2D eigenvalue weighted by Gasteiger charge is 2.10. The van der Waals surface area contributed by atoms with E-state index >= 15 is 0 Å². The van der Waals surface area contributed by atoms with Gasteiger partial charge in [0.25, 0.3) is 0 Å². The number of aromatic nitrogens is 2. The van der Waals surface area contributed by atoms with Gasteiger partial charge in [-0.2, -0.15) is 0 Å². The second kappa shape index (κ2) is 6.43. The molecule has 2 rings (SSSR count). The smallest absolute Gasteiger partial charge is 0.160 e. The predicted octanol–water partition coefficient (Wildman–Crippen LogP) is 2.78. The molecule has 5 heteroatoms. The molecule has 1 heterocycles. The Balaban J connectivity index is 2.15. The zero-order valence-corrected chi connectivity index (χ0v) is 11.6. The summed E-state index contributed by atoms with van der Waals surface area (Å²) in [6, 6.07) is 6.50. The Bertz CT molecular complexity index is 587. The summed E-state index contributed by atoms with van der Waals surface area (Å²) in [5, 5.41) is 0. The summed E-state index contributed by atoms with van der Waals surface area (Å²) < 4.78 is 19.1. The van der Waals surface area contributed by atoms with Crippen LogP contribution >= 0.6 is 0 Å². The molecule has 0 unspecified atom stereocenters. The lowest BCUT2D eigenvalue weighted by Crippen LogP contribution is -2.09. The van der Waals surface area contributed by atoms with Crippen molar-refractivity contribution in [2.24, 2.45) is 5.73 Å². The molecular formula is C15H18FN3O. The van der Waals surface area contributed by atoms with Crippen molar-refractivity contribution in [1.82, 2.24) is 9.97 Å². The Morgan fingerprint density at radius 2 is 2.05 bits per heavy atom. The van der Waals surface area contributed by atoms with E-state index < -0.39 is 0 Å². The van der Waals surface area contributed by atoms with Crippen LogP contribution in [0.25, 0.3) is 0 Å². The zero-order chi connectivity index (χ0) is 14.5. The van der Waals surface area contributed by atoms with Crippen molar-refractivity contribution in [3.05, 3.63) is 53.4 Å². The first kappa shape index (κ1) is 14.4. The number of nitrogens with two attached hydrogens (primary N) is 1. The Hall–Kier alpha value is -2.01. The molecule has 2 N–H and O–H groups in total. The van der Waals surface area contributed by atoms with Crippen molar-refractivity contribution in [1.29, 1.82) is 0 Å². The summed E-state index contributed by atoms with van der Waals surface area (Å²) in [5.74, 6) is 1.16. The maximum atomic E-state index is 13.5. The standard InChI is InChI=1S/C15H18FN3O/c1-10(2)15-18-8-14(13(7-17)19-15)20-9-11-5-3-4-6-12(11)16/h3-6,8,10H,7,9,17H2,1-2H3. The minimum absolute atomic E-state index is 0.129. The van der Waals surface area contributed by atoms with Gasteiger partial charge in [0.1, 0.15) is 18.2 Å². The Labute approximate surface area is 117 Å². The molecule has 106 valence electrons. The molecular weight excluding hydrogens is 257 g/mol. The number of hydrogen-bond acceptors (Lipinski definition) is 4. The number of rotatable bonds is 5. The SMILES string of the molecule is CC(C)c1ncc(OCc2ccccc2F)c(CN)n1. The van der Waals surface area contributed by atoms with Crippen molar-refractivity contribution in [3.63, 3.8) is 0 Å². The van der Waals surface area contributed by atoms with Gasteiger partial charge in [-0.25, -0.2) is 14.4 Å². The molecule has 0 aliphatic carbocycles. The third-order valence-electron chi connectivity index (χ3n) is 2.90. The normalized spacial score (nSPS) is 10.8. The van der Waals surface area contributed by atoms with Gasteiger partial charge in [-0.05, 0) is 6.07 Å². The van der Waals surface area contributed by atoms with Crippen LogP contribution < -0.4 is 10.5 Å². The lowest BCUT2D eigenvalue weighted by molar-refractivity contribution is 0.293. The summed E-state index contributed by atoms with van der Waals surface area (Å²) >= 11 is 0. The van der Waals surface area contributed by atoms with Gasteiger partial charge in [0.05, 0.1) is 11.9 Å². The second-order valence-electron chi connectivity index (χ2n) is 4.78. The van der Waals surface area contributed by atoms with Crippen LogP contribution in [-0.4, -0.2) is 9.97 Å². The number of nitrogens with zero attached hydrogens (tertiary/aromatic N) is 2. The Morgan fingerprint density at radius 3 is 2.70 bits per heavy atom. The summed E-state index contributed by atoms with van der Waals surface area (Å²) in [6.07, 6.45) is 1.60. The van der Waals surface area contributed by atoms with E-state index in [9.17, 15) is 4.39 Å². The highest BCUT2D eigenvalue weighted by Crippen LogP contribution is 2.19. The van der Waals surface area contributed by atoms with Crippen LogP contribution in [0.5, 0.6) is 5.75 Å². The first-order valence-corrected chi connectivity index (χ1v) is 6.54. The maximum Gasteiger partial charge on any atom is 0.160 e. The van der Waals surface area contributed by atoms with Crippen LogP contribution in [0.4, 0.5) is 4.39 Å². The zero-order valence-electron chi connectivity index (χ0n) is 11.6. The molecule has 0 aliphatic heterocycles. The quantitative estimate of drug-likeness (QED) is 0.911. The first-order chi connectivity index (χ1) is 9.61. The van der Waals surface area contributed by atoms with Crippen LogP contribution in [0, 0.1) is 5.82 Å². The topological polar surface area (TPSA) is 61.0 Å². The number of ether oxygens (including phenoxy) is 1. The Morgan fingerprint density at radius 1 is 1.30 bits per heavy atom. The van der Waals surface area contributed by atoms with Gasteiger partial charge in [0.15, 0.2) is 5.75 Å². The molecule has 1 aromatic carbocycles. The molecule has 0 amide bonds. The van der Waals surface area contributed by atoms with Crippen LogP contribution in [0.1, 0.15) is 36.8 Å². The summed E-state index contributed by atoms with van der Waals surface area (Å²) in [6.45, 7) is 4.41. The van der Waals surface area contributed by atoms with Gasteiger partial charge in [0, 0.05) is 18.0 Å². The molecule has 4 nitrogen and oxygen atoms in total. The van der Waals surface area contributed by atoms with Crippen LogP contribution in [0.2, 0.25) is 0 Å². The van der Waals surface area contributed by atoms with Gasteiger partial charge >= 0.3 is 0 Å². The van der Waals surface area contributed by atoms with Crippen LogP contribution in [-0.2, 0) is 13.2 Å². The average molecular weight is 275 g/mol. The fourth-order valence-electron chi connectivity index (χ4n) is 1.74. The molecule has 0 saturated carbocycles. The van der Waals surface area contributed by atoms with Crippen molar-refractivity contribution in [2.75, 3.05) is 0 Å². The largest absolute Gasteiger partial charge is 0.485 e. The molecule has 2 aromatic rings. The molecule has 0 saturated heterocycles. The van der Waals surface area contributed by atoms with E-state index in [1.165, 1.54) is 6.07 Å². The van der Waals surface area contributed by atoms with E-state index in [4.69, 9.17) is 10.5 Å². The van der Waals surface area contributed by atoms with Crippen LogP contribution in [0.15, 0.2) is 30.5 Å². The molecule has 0 aliphatic rings. The van der Waals surface area contributed by atoms with E-state index in [1.54, 1.807) is 24.4 Å². The number of hydrogen-bond donors (Lipinski definition) is 1. The van der Waals surface area contributed by atoms with Gasteiger partial charge in [-0.1, -0.05) is 32.0 Å². The van der Waals surface area contributed by atoms with E-state index in [1.807, 2.05) is 13.8 Å². The van der Waals surface area contributed by atoms with Gasteiger partial charge in [-0.3, -0.25) is 0 Å². The van der Waals surface area contributed by atoms with Gasteiger partial charge in [0.2, 0.25) is 0 Å². The lowest BCUT2D eigenvalue weighted by Gasteiger charge is -2.12. The molecule has 0 radical (unpaired) electrons. The molecule has 1 aromatic heterocycles. The van der Waals surface area contributed by atoms with Gasteiger partial charge in [-0.15, -0.1) is 0 Å². The highest BCUT2D eigenvalue weighted by molar-refractivity contribution is 5.26. The van der Waals surface area contributed by atoms with Crippen LogP contribution in [0.3, 0.4) is 0 Å².